The zero-order chi connectivity index (χ0) is 13.3. The Balaban J connectivity index is 2.52. The van der Waals surface area contributed by atoms with Gasteiger partial charge in [-0.05, 0) is 46.2 Å². The highest BCUT2D eigenvalue weighted by Crippen LogP contribution is 2.28. The summed E-state index contributed by atoms with van der Waals surface area (Å²) in [5.41, 5.74) is 3.94. The highest BCUT2D eigenvalue weighted by molar-refractivity contribution is 5.87. The smallest absolute Gasteiger partial charge is 0.0741 e. The number of hydrogen-bond donors (Lipinski definition) is 0. The van der Waals surface area contributed by atoms with Gasteiger partial charge in [-0.1, -0.05) is 12.1 Å². The second kappa shape index (κ2) is 5.15. The summed E-state index contributed by atoms with van der Waals surface area (Å²) >= 11 is 0. The third kappa shape index (κ3) is 2.44. The van der Waals surface area contributed by atoms with Crippen LogP contribution in [0.2, 0.25) is 0 Å². The maximum atomic E-state index is 5.77. The van der Waals surface area contributed by atoms with Gasteiger partial charge in [-0.3, -0.25) is 0 Å². The standard InChI is InChI=1S/C16H23NO/c1-11(2)17-9-14(10-18-12(3)4)16-13(5)7-6-8-15(16)17/h6-9,11-12H,10H2,1-5H3. The SMILES string of the molecule is Cc1cccc2c1c(COC(C)C)cn2C(C)C. The molecule has 0 saturated carbocycles. The second-order valence-corrected chi connectivity index (χ2v) is 5.48. The molecule has 2 rings (SSSR count). The molecule has 0 N–H and O–H groups in total. The fraction of sp³-hybridized carbons (Fsp3) is 0.500. The van der Waals surface area contributed by atoms with E-state index in [-0.39, 0.29) is 6.10 Å². The van der Waals surface area contributed by atoms with Crippen LogP contribution in [0.25, 0.3) is 10.9 Å². The molecule has 18 heavy (non-hydrogen) atoms. The molecule has 2 aromatic rings. The van der Waals surface area contributed by atoms with E-state index in [0.717, 1.165) is 0 Å². The lowest BCUT2D eigenvalue weighted by molar-refractivity contribution is 0.0663. The van der Waals surface area contributed by atoms with Crippen molar-refractivity contribution in [2.75, 3.05) is 0 Å². The fourth-order valence-electron chi connectivity index (χ4n) is 2.38. The topological polar surface area (TPSA) is 14.2 Å². The van der Waals surface area contributed by atoms with Gasteiger partial charge >= 0.3 is 0 Å². The van der Waals surface area contributed by atoms with E-state index in [4.69, 9.17) is 4.74 Å². The van der Waals surface area contributed by atoms with Crippen molar-refractivity contribution in [2.24, 2.45) is 0 Å². The molecule has 1 heterocycles. The maximum Gasteiger partial charge on any atom is 0.0741 e. The van der Waals surface area contributed by atoms with Gasteiger partial charge in [0.2, 0.25) is 0 Å². The Kier molecular flexibility index (Phi) is 3.76. The maximum absolute atomic E-state index is 5.77. The first-order valence-electron chi connectivity index (χ1n) is 6.71. The predicted octanol–water partition coefficient (Wildman–Crippen LogP) is 4.46. The van der Waals surface area contributed by atoms with Crippen LogP contribution in [-0.4, -0.2) is 10.7 Å². The van der Waals surface area contributed by atoms with E-state index < -0.39 is 0 Å². The van der Waals surface area contributed by atoms with Crippen LogP contribution in [0.3, 0.4) is 0 Å². The van der Waals surface area contributed by atoms with Crippen LogP contribution in [0.15, 0.2) is 24.4 Å². The number of fused-ring (bicyclic) bond motifs is 1. The van der Waals surface area contributed by atoms with Gasteiger partial charge in [0.05, 0.1) is 12.7 Å². The summed E-state index contributed by atoms with van der Waals surface area (Å²) in [6, 6.07) is 6.97. The minimum absolute atomic E-state index is 0.270. The number of aromatic nitrogens is 1. The average molecular weight is 245 g/mol. The fourth-order valence-corrected chi connectivity index (χ4v) is 2.38. The van der Waals surface area contributed by atoms with E-state index in [2.05, 4.69) is 63.6 Å². The van der Waals surface area contributed by atoms with E-state index in [1.165, 1.54) is 22.0 Å². The summed E-state index contributed by atoms with van der Waals surface area (Å²) in [5, 5.41) is 1.35. The van der Waals surface area contributed by atoms with Crippen molar-refractivity contribution in [2.45, 2.75) is 53.4 Å². The number of ether oxygens (including phenoxy) is 1. The molecule has 2 nitrogen and oxygen atoms in total. The Hall–Kier alpha value is -1.28. The quantitative estimate of drug-likeness (QED) is 0.776. The van der Waals surface area contributed by atoms with Crippen LogP contribution >= 0.6 is 0 Å². The third-order valence-electron chi connectivity index (χ3n) is 3.27. The molecule has 2 heteroatoms. The van der Waals surface area contributed by atoms with E-state index in [9.17, 15) is 0 Å². The Labute approximate surface area is 110 Å². The summed E-state index contributed by atoms with van der Waals surface area (Å²) in [5.74, 6) is 0. The molecule has 0 radical (unpaired) electrons. The molecule has 0 aliphatic rings. The Morgan fingerprint density at radius 1 is 1.17 bits per heavy atom. The molecule has 1 aromatic carbocycles. The van der Waals surface area contributed by atoms with Crippen molar-refractivity contribution < 1.29 is 4.74 Å². The number of nitrogens with zero attached hydrogens (tertiary/aromatic N) is 1. The van der Waals surface area contributed by atoms with Crippen LogP contribution in [0.1, 0.15) is 44.9 Å². The van der Waals surface area contributed by atoms with E-state index in [1.54, 1.807) is 0 Å². The number of hydrogen-bond acceptors (Lipinski definition) is 1. The van der Waals surface area contributed by atoms with Crippen LogP contribution in [0.5, 0.6) is 0 Å². The van der Waals surface area contributed by atoms with E-state index in [0.29, 0.717) is 12.6 Å². The summed E-state index contributed by atoms with van der Waals surface area (Å²) in [4.78, 5) is 0. The lowest BCUT2D eigenvalue weighted by Crippen LogP contribution is -2.02. The predicted molar refractivity (Wildman–Crippen MR) is 77.0 cm³/mol. The first kappa shape index (κ1) is 13.2. The van der Waals surface area contributed by atoms with Gasteiger partial charge in [-0.25, -0.2) is 0 Å². The molecular weight excluding hydrogens is 222 g/mol. The van der Waals surface area contributed by atoms with E-state index >= 15 is 0 Å². The Morgan fingerprint density at radius 3 is 2.50 bits per heavy atom. The van der Waals surface area contributed by atoms with Gasteiger partial charge in [0.1, 0.15) is 0 Å². The van der Waals surface area contributed by atoms with Crippen LogP contribution < -0.4 is 0 Å². The molecule has 0 aliphatic heterocycles. The van der Waals surface area contributed by atoms with E-state index in [1.807, 2.05) is 0 Å². The number of benzene rings is 1. The molecule has 0 spiro atoms. The minimum atomic E-state index is 0.270. The Bertz CT molecular complexity index is 537. The lowest BCUT2D eigenvalue weighted by atomic mass is 10.1. The van der Waals surface area contributed by atoms with Crippen molar-refractivity contribution in [3.8, 4) is 0 Å². The largest absolute Gasteiger partial charge is 0.374 e. The van der Waals surface area contributed by atoms with Gasteiger partial charge < -0.3 is 9.30 Å². The molecule has 0 fully saturated rings. The van der Waals surface area contributed by atoms with Crippen molar-refractivity contribution in [3.05, 3.63) is 35.5 Å². The van der Waals surface area contributed by atoms with Crippen molar-refractivity contribution >= 4 is 10.9 Å². The first-order chi connectivity index (χ1) is 8.50. The summed E-state index contributed by atoms with van der Waals surface area (Å²) in [6.07, 6.45) is 2.51. The monoisotopic (exact) mass is 245 g/mol. The summed E-state index contributed by atoms with van der Waals surface area (Å²) in [6.45, 7) is 11.5. The molecular formula is C16H23NO. The normalized spacial score (nSPS) is 11.9. The van der Waals surface area contributed by atoms with Crippen molar-refractivity contribution in [1.82, 2.24) is 4.57 Å². The number of rotatable bonds is 4. The van der Waals surface area contributed by atoms with Gasteiger partial charge in [0.25, 0.3) is 0 Å². The minimum Gasteiger partial charge on any atom is -0.374 e. The molecule has 0 atom stereocenters. The van der Waals surface area contributed by atoms with Crippen LogP contribution in [0, 0.1) is 6.92 Å². The first-order valence-corrected chi connectivity index (χ1v) is 6.71. The van der Waals surface area contributed by atoms with Gasteiger partial charge in [-0.15, -0.1) is 0 Å². The van der Waals surface area contributed by atoms with Gasteiger partial charge in [0.15, 0.2) is 0 Å². The second-order valence-electron chi connectivity index (χ2n) is 5.48. The summed E-state index contributed by atoms with van der Waals surface area (Å²) < 4.78 is 8.11. The molecule has 1 aromatic heterocycles. The van der Waals surface area contributed by atoms with Crippen LogP contribution in [-0.2, 0) is 11.3 Å². The molecule has 0 unspecified atom stereocenters. The van der Waals surface area contributed by atoms with Gasteiger partial charge in [-0.2, -0.15) is 0 Å². The molecule has 0 bridgehead atoms. The molecule has 0 amide bonds. The zero-order valence-corrected chi connectivity index (χ0v) is 12.0. The zero-order valence-electron chi connectivity index (χ0n) is 12.0. The molecule has 0 saturated heterocycles. The summed E-state index contributed by atoms with van der Waals surface area (Å²) in [7, 11) is 0. The molecule has 0 aliphatic carbocycles. The van der Waals surface area contributed by atoms with Crippen molar-refractivity contribution in [3.63, 3.8) is 0 Å². The third-order valence-corrected chi connectivity index (χ3v) is 3.27. The van der Waals surface area contributed by atoms with Crippen molar-refractivity contribution in [1.29, 1.82) is 0 Å². The van der Waals surface area contributed by atoms with Gasteiger partial charge in [0, 0.05) is 28.7 Å². The average Bonchev–Trinajstić information content (AvgIpc) is 2.67. The number of aryl methyl sites for hydroxylation is 1. The highest BCUT2D eigenvalue weighted by atomic mass is 16.5. The van der Waals surface area contributed by atoms with Crippen LogP contribution in [0.4, 0.5) is 0 Å². The highest BCUT2D eigenvalue weighted by Gasteiger charge is 2.12. The lowest BCUT2D eigenvalue weighted by Gasteiger charge is -2.09. The molecule has 98 valence electrons. The Morgan fingerprint density at radius 2 is 1.89 bits per heavy atom.